The summed E-state index contributed by atoms with van der Waals surface area (Å²) in [6, 6.07) is 0. The molecule has 0 aliphatic heterocycles. The Morgan fingerprint density at radius 1 is 1.16 bits per heavy atom. The molecule has 0 aliphatic rings. The van der Waals surface area contributed by atoms with Crippen LogP contribution in [-0.4, -0.2) is 44.2 Å². The Kier molecular flexibility index (Phi) is 8.19. The molecular formula is C14H27BO4. The van der Waals surface area contributed by atoms with Gasteiger partial charge in [0.25, 0.3) is 0 Å². The number of carbonyl (C=O) groups excluding carboxylic acids is 2. The maximum absolute atomic E-state index is 11.0. The molecule has 0 rings (SSSR count). The normalized spacial score (nSPS) is 14.9. The van der Waals surface area contributed by atoms with Gasteiger partial charge in [0.15, 0.2) is 0 Å². The van der Waals surface area contributed by atoms with E-state index in [-0.39, 0.29) is 16.9 Å². The lowest BCUT2D eigenvalue weighted by atomic mass is 9.80. The minimum Gasteiger partial charge on any atom is -0.384 e. The average molecular weight is 270 g/mol. The fourth-order valence-corrected chi connectivity index (χ4v) is 1.58. The summed E-state index contributed by atoms with van der Waals surface area (Å²) in [4.78, 5) is 21.2. The molecule has 1 unspecified atom stereocenters. The Labute approximate surface area is 117 Å². The van der Waals surface area contributed by atoms with E-state index in [1.54, 1.807) is 6.92 Å². The largest absolute Gasteiger partial charge is 0.384 e. The minimum absolute atomic E-state index is 0.189. The summed E-state index contributed by atoms with van der Waals surface area (Å²) in [5.41, 5.74) is -0.579. The van der Waals surface area contributed by atoms with Gasteiger partial charge in [-0.15, -0.1) is 0 Å². The molecule has 0 aliphatic carbocycles. The zero-order chi connectivity index (χ0) is 14.9. The summed E-state index contributed by atoms with van der Waals surface area (Å²) in [5, 5.41) is 0. The Morgan fingerprint density at radius 3 is 2.32 bits per heavy atom. The second-order valence-corrected chi connectivity index (χ2v) is 6.12. The molecule has 0 amide bonds. The van der Waals surface area contributed by atoms with Gasteiger partial charge in [-0.2, -0.15) is 0 Å². The van der Waals surface area contributed by atoms with Crippen molar-refractivity contribution >= 4 is 19.9 Å². The van der Waals surface area contributed by atoms with E-state index in [2.05, 4.69) is 0 Å². The number of ketones is 1. The first kappa shape index (κ1) is 18.3. The van der Waals surface area contributed by atoms with Crippen molar-refractivity contribution in [2.75, 3.05) is 13.2 Å². The highest BCUT2D eigenvalue weighted by Gasteiger charge is 2.22. The number of carbonyl (C=O) groups is 2. The van der Waals surface area contributed by atoms with Crippen molar-refractivity contribution in [1.29, 1.82) is 0 Å². The maximum atomic E-state index is 11.0. The van der Waals surface area contributed by atoms with Crippen molar-refractivity contribution in [3.63, 3.8) is 0 Å². The molecule has 5 heteroatoms. The van der Waals surface area contributed by atoms with E-state index in [0.29, 0.717) is 26.1 Å². The van der Waals surface area contributed by atoms with E-state index < -0.39 is 0 Å². The number of hydrogen-bond acceptors (Lipinski definition) is 4. The van der Waals surface area contributed by atoms with E-state index in [1.807, 2.05) is 28.6 Å². The van der Waals surface area contributed by atoms with Crippen molar-refractivity contribution in [3.8, 4) is 0 Å². The molecule has 0 heterocycles. The van der Waals surface area contributed by atoms with E-state index in [0.717, 1.165) is 19.1 Å². The van der Waals surface area contributed by atoms with E-state index in [9.17, 15) is 9.59 Å². The first-order valence-corrected chi connectivity index (χ1v) is 6.89. The molecule has 0 N–H and O–H groups in total. The van der Waals surface area contributed by atoms with Crippen LogP contribution < -0.4 is 0 Å². The first-order chi connectivity index (χ1) is 8.68. The van der Waals surface area contributed by atoms with E-state index in [4.69, 9.17) is 9.47 Å². The highest BCUT2D eigenvalue weighted by molar-refractivity contribution is 6.14. The van der Waals surface area contributed by atoms with Gasteiger partial charge >= 0.3 is 0 Å². The highest BCUT2D eigenvalue weighted by atomic mass is 16.5. The average Bonchev–Trinajstić information content (AvgIpc) is 2.26. The predicted octanol–water partition coefficient (Wildman–Crippen LogP) is 1.50. The lowest BCUT2D eigenvalue weighted by Crippen LogP contribution is -2.34. The van der Waals surface area contributed by atoms with Crippen LogP contribution in [0.15, 0.2) is 0 Å². The monoisotopic (exact) mass is 270 g/mol. The Hall–Kier alpha value is -0.675. The third kappa shape index (κ3) is 10.9. The van der Waals surface area contributed by atoms with Crippen molar-refractivity contribution in [1.82, 2.24) is 0 Å². The summed E-state index contributed by atoms with van der Waals surface area (Å²) in [6.45, 7) is 8.61. The second kappa shape index (κ2) is 8.49. The topological polar surface area (TPSA) is 52.6 Å². The lowest BCUT2D eigenvalue weighted by molar-refractivity contribution is -0.119. The van der Waals surface area contributed by atoms with Gasteiger partial charge in [-0.05, 0) is 40.5 Å². The third-order valence-electron chi connectivity index (χ3n) is 3.00. The summed E-state index contributed by atoms with van der Waals surface area (Å²) in [7, 11) is 1.99. The molecule has 0 spiro atoms. The van der Waals surface area contributed by atoms with E-state index >= 15 is 0 Å². The van der Waals surface area contributed by atoms with Crippen LogP contribution >= 0.6 is 0 Å². The molecule has 0 aromatic rings. The van der Waals surface area contributed by atoms with Crippen molar-refractivity contribution < 1.29 is 19.1 Å². The zero-order valence-corrected chi connectivity index (χ0v) is 13.0. The standard InChI is InChI=1S/C14H27BO4/c1-12(17)6-7-13(2,3)18-11-8-14(4,15)19-10-5-9-16/h9H,5-8,10-11,15H2,1-4H3. The molecule has 0 fully saturated rings. The number of hydrogen-bond donors (Lipinski definition) is 0. The molecule has 1 atom stereocenters. The van der Waals surface area contributed by atoms with Crippen molar-refractivity contribution in [2.45, 2.75) is 64.5 Å². The Balaban J connectivity index is 3.92. The van der Waals surface area contributed by atoms with Crippen molar-refractivity contribution in [3.05, 3.63) is 0 Å². The van der Waals surface area contributed by atoms with Crippen LogP contribution in [0.4, 0.5) is 0 Å². The molecule has 0 aromatic heterocycles. The van der Waals surface area contributed by atoms with E-state index in [1.165, 1.54) is 0 Å². The highest BCUT2D eigenvalue weighted by Crippen LogP contribution is 2.19. The first-order valence-electron chi connectivity index (χ1n) is 6.89. The fourth-order valence-electron chi connectivity index (χ4n) is 1.58. The molecule has 0 saturated heterocycles. The van der Waals surface area contributed by atoms with Crippen LogP contribution in [0.2, 0.25) is 0 Å². The van der Waals surface area contributed by atoms with Crippen LogP contribution in [0.5, 0.6) is 0 Å². The quantitative estimate of drug-likeness (QED) is 0.324. The van der Waals surface area contributed by atoms with Gasteiger partial charge in [0.2, 0.25) is 0 Å². The number of aldehydes is 1. The van der Waals surface area contributed by atoms with Crippen LogP contribution in [0.3, 0.4) is 0 Å². The van der Waals surface area contributed by atoms with Crippen LogP contribution in [0, 0.1) is 0 Å². The molecule has 0 saturated carbocycles. The molecule has 4 nitrogen and oxygen atoms in total. The summed E-state index contributed by atoms with van der Waals surface area (Å²) < 4.78 is 11.4. The van der Waals surface area contributed by atoms with Gasteiger partial charge in [-0.25, -0.2) is 0 Å². The van der Waals surface area contributed by atoms with Gasteiger partial charge in [-0.3, -0.25) is 0 Å². The number of Topliss-reactive ketones (excluding diaryl/α,β-unsaturated/α-hetero) is 1. The van der Waals surface area contributed by atoms with Gasteiger partial charge in [0, 0.05) is 24.9 Å². The van der Waals surface area contributed by atoms with Gasteiger partial charge in [0.05, 0.1) is 12.2 Å². The molecule has 19 heavy (non-hydrogen) atoms. The smallest absolute Gasteiger partial charge is 0.143 e. The van der Waals surface area contributed by atoms with Crippen LogP contribution in [-0.2, 0) is 19.1 Å². The maximum Gasteiger partial charge on any atom is 0.143 e. The summed E-state index contributed by atoms with van der Waals surface area (Å²) >= 11 is 0. The second-order valence-electron chi connectivity index (χ2n) is 6.12. The number of rotatable bonds is 11. The summed E-state index contributed by atoms with van der Waals surface area (Å²) in [5.74, 6) is 0.189. The Bertz CT molecular complexity index is 287. The fraction of sp³-hybridized carbons (Fsp3) is 0.857. The number of ether oxygens (including phenoxy) is 2. The van der Waals surface area contributed by atoms with Gasteiger partial charge in [-0.1, -0.05) is 0 Å². The lowest BCUT2D eigenvalue weighted by Gasteiger charge is -2.29. The van der Waals surface area contributed by atoms with Gasteiger partial charge in [0.1, 0.15) is 19.9 Å². The molecule has 0 radical (unpaired) electrons. The molecule has 110 valence electrons. The molecule has 0 aromatic carbocycles. The predicted molar refractivity (Wildman–Crippen MR) is 78.1 cm³/mol. The van der Waals surface area contributed by atoms with Crippen LogP contribution in [0.1, 0.15) is 53.4 Å². The van der Waals surface area contributed by atoms with Crippen molar-refractivity contribution in [2.24, 2.45) is 0 Å². The SMILES string of the molecule is BC(C)(CCOC(C)(C)CCC(C)=O)OCCC=O. The summed E-state index contributed by atoms with van der Waals surface area (Å²) in [6.07, 6.45) is 3.32. The Morgan fingerprint density at radius 2 is 1.79 bits per heavy atom. The molecule has 0 bridgehead atoms. The van der Waals surface area contributed by atoms with Gasteiger partial charge < -0.3 is 19.1 Å². The minimum atomic E-state index is -0.292. The van der Waals surface area contributed by atoms with Crippen LogP contribution in [0.25, 0.3) is 0 Å². The zero-order valence-electron chi connectivity index (χ0n) is 13.0. The third-order valence-corrected chi connectivity index (χ3v) is 3.00. The molecular weight excluding hydrogens is 243 g/mol.